The van der Waals surface area contributed by atoms with Crippen LogP contribution in [0.15, 0.2) is 56.4 Å². The van der Waals surface area contributed by atoms with Gasteiger partial charge in [-0.1, -0.05) is 33.2 Å². The second-order valence-corrected chi connectivity index (χ2v) is 6.32. The predicted molar refractivity (Wildman–Crippen MR) is 83.4 cm³/mol. The van der Waals surface area contributed by atoms with Crippen LogP contribution in [0, 0.1) is 11.6 Å². The molecule has 0 N–H and O–H groups in total. The van der Waals surface area contributed by atoms with Crippen molar-refractivity contribution in [3.63, 3.8) is 0 Å². The minimum Gasteiger partial charge on any atom is -0.338 e. The standard InChI is InChI=1S/C15H9BrF2N2OS/c16-10-3-1-2-9(6-10)15-19-14(21-20-15)8-22-13-5-4-11(17)7-12(13)18/h1-7H,8H2. The van der Waals surface area contributed by atoms with Crippen molar-refractivity contribution in [3.05, 3.63) is 64.5 Å². The smallest absolute Gasteiger partial charge is 0.237 e. The molecule has 0 amide bonds. The predicted octanol–water partition coefficient (Wildman–Crippen LogP) is 5.07. The summed E-state index contributed by atoms with van der Waals surface area (Å²) in [4.78, 5) is 4.60. The average molecular weight is 383 g/mol. The molecule has 3 aromatic rings. The molecule has 0 spiro atoms. The molecule has 3 nitrogen and oxygen atoms in total. The van der Waals surface area contributed by atoms with Gasteiger partial charge < -0.3 is 4.52 Å². The molecule has 0 bridgehead atoms. The topological polar surface area (TPSA) is 38.9 Å². The van der Waals surface area contributed by atoms with Crippen molar-refractivity contribution in [3.8, 4) is 11.4 Å². The van der Waals surface area contributed by atoms with E-state index in [2.05, 4.69) is 26.1 Å². The highest BCUT2D eigenvalue weighted by molar-refractivity contribution is 9.10. The lowest BCUT2D eigenvalue weighted by Gasteiger charge is -2.00. The first kappa shape index (κ1) is 15.2. The Morgan fingerprint density at radius 3 is 2.77 bits per heavy atom. The first-order valence-electron chi connectivity index (χ1n) is 6.28. The van der Waals surface area contributed by atoms with Crippen molar-refractivity contribution in [2.75, 3.05) is 0 Å². The van der Waals surface area contributed by atoms with E-state index in [0.717, 1.165) is 16.1 Å². The normalized spacial score (nSPS) is 10.9. The quantitative estimate of drug-likeness (QED) is 0.590. The van der Waals surface area contributed by atoms with E-state index in [1.807, 2.05) is 24.3 Å². The number of benzene rings is 2. The molecule has 0 atom stereocenters. The average Bonchev–Trinajstić information content (AvgIpc) is 2.95. The number of hydrogen-bond acceptors (Lipinski definition) is 4. The molecule has 112 valence electrons. The maximum absolute atomic E-state index is 13.5. The summed E-state index contributed by atoms with van der Waals surface area (Å²) in [6.45, 7) is 0. The fourth-order valence-corrected chi connectivity index (χ4v) is 2.95. The van der Waals surface area contributed by atoms with Crippen LogP contribution in [-0.2, 0) is 5.75 Å². The molecule has 22 heavy (non-hydrogen) atoms. The summed E-state index contributed by atoms with van der Waals surface area (Å²) < 4.78 is 32.4. The molecule has 0 aliphatic heterocycles. The first-order valence-corrected chi connectivity index (χ1v) is 8.06. The van der Waals surface area contributed by atoms with Crippen LogP contribution in [0.25, 0.3) is 11.4 Å². The van der Waals surface area contributed by atoms with E-state index in [9.17, 15) is 8.78 Å². The van der Waals surface area contributed by atoms with Gasteiger partial charge in [-0.2, -0.15) is 4.98 Å². The van der Waals surface area contributed by atoms with Gasteiger partial charge in [0.05, 0.1) is 5.75 Å². The molecule has 0 aliphatic carbocycles. The summed E-state index contributed by atoms with van der Waals surface area (Å²) in [5.41, 5.74) is 0.822. The van der Waals surface area contributed by atoms with E-state index in [-0.39, 0.29) is 0 Å². The van der Waals surface area contributed by atoms with Gasteiger partial charge >= 0.3 is 0 Å². The van der Waals surface area contributed by atoms with Crippen LogP contribution in [-0.4, -0.2) is 10.1 Å². The zero-order valence-corrected chi connectivity index (χ0v) is 13.5. The summed E-state index contributed by atoms with van der Waals surface area (Å²) in [6, 6.07) is 11.0. The highest BCUT2D eigenvalue weighted by Gasteiger charge is 2.11. The molecule has 7 heteroatoms. The summed E-state index contributed by atoms with van der Waals surface area (Å²) in [5, 5.41) is 3.90. The van der Waals surface area contributed by atoms with E-state index >= 15 is 0 Å². The third-order valence-corrected chi connectivity index (χ3v) is 4.32. The second kappa shape index (κ2) is 6.58. The van der Waals surface area contributed by atoms with Crippen molar-refractivity contribution >= 4 is 27.7 Å². The van der Waals surface area contributed by atoms with Gasteiger partial charge in [-0.25, -0.2) is 8.78 Å². The molecule has 0 unspecified atom stereocenters. The Balaban J connectivity index is 1.72. The monoisotopic (exact) mass is 382 g/mol. The van der Waals surface area contributed by atoms with E-state index in [4.69, 9.17) is 4.52 Å². The van der Waals surface area contributed by atoms with Gasteiger partial charge in [0.25, 0.3) is 0 Å². The van der Waals surface area contributed by atoms with Crippen molar-refractivity contribution in [2.24, 2.45) is 0 Å². The minimum absolute atomic E-state index is 0.309. The Hall–Kier alpha value is -1.73. The second-order valence-electron chi connectivity index (χ2n) is 4.39. The Morgan fingerprint density at radius 1 is 1.14 bits per heavy atom. The lowest BCUT2D eigenvalue weighted by Crippen LogP contribution is -1.86. The fourth-order valence-electron chi connectivity index (χ4n) is 1.79. The van der Waals surface area contributed by atoms with Crippen LogP contribution in [0.1, 0.15) is 5.89 Å². The maximum atomic E-state index is 13.5. The number of aromatic nitrogens is 2. The van der Waals surface area contributed by atoms with Crippen molar-refractivity contribution in [1.29, 1.82) is 0 Å². The molecule has 3 rings (SSSR count). The largest absolute Gasteiger partial charge is 0.338 e. The third kappa shape index (κ3) is 3.53. The molecule has 1 aromatic heterocycles. The molecule has 0 saturated heterocycles. The van der Waals surface area contributed by atoms with Crippen LogP contribution in [0.5, 0.6) is 0 Å². The van der Waals surface area contributed by atoms with Gasteiger partial charge in [0.2, 0.25) is 11.7 Å². The molecule has 0 fully saturated rings. The lowest BCUT2D eigenvalue weighted by atomic mass is 10.2. The van der Waals surface area contributed by atoms with Crippen LogP contribution >= 0.6 is 27.7 Å². The van der Waals surface area contributed by atoms with Crippen molar-refractivity contribution in [1.82, 2.24) is 10.1 Å². The summed E-state index contributed by atoms with van der Waals surface area (Å²) >= 11 is 4.55. The maximum Gasteiger partial charge on any atom is 0.237 e. The zero-order chi connectivity index (χ0) is 15.5. The van der Waals surface area contributed by atoms with Crippen LogP contribution in [0.2, 0.25) is 0 Å². The molecular weight excluding hydrogens is 374 g/mol. The SMILES string of the molecule is Fc1ccc(SCc2nc(-c3cccc(Br)c3)no2)c(F)c1. The van der Waals surface area contributed by atoms with Crippen LogP contribution in [0.3, 0.4) is 0 Å². The zero-order valence-electron chi connectivity index (χ0n) is 11.1. The van der Waals surface area contributed by atoms with Gasteiger partial charge in [0.15, 0.2) is 0 Å². The molecule has 0 saturated carbocycles. The van der Waals surface area contributed by atoms with Gasteiger partial charge in [-0.05, 0) is 24.3 Å². The van der Waals surface area contributed by atoms with Gasteiger partial charge in [-0.3, -0.25) is 0 Å². The third-order valence-electron chi connectivity index (χ3n) is 2.80. The molecule has 1 heterocycles. The Bertz CT molecular complexity index is 810. The van der Waals surface area contributed by atoms with E-state index in [1.165, 1.54) is 23.9 Å². The summed E-state index contributed by atoms with van der Waals surface area (Å²) in [5.74, 6) is -0.0442. The number of nitrogens with zero attached hydrogens (tertiary/aromatic N) is 2. The minimum atomic E-state index is -0.600. The van der Waals surface area contributed by atoms with Gasteiger partial charge in [0, 0.05) is 21.0 Å². The fraction of sp³-hybridized carbons (Fsp3) is 0.0667. The Labute approximate surface area is 137 Å². The highest BCUT2D eigenvalue weighted by Crippen LogP contribution is 2.27. The van der Waals surface area contributed by atoms with Crippen LogP contribution in [0.4, 0.5) is 8.78 Å². The van der Waals surface area contributed by atoms with Crippen LogP contribution < -0.4 is 0 Å². The van der Waals surface area contributed by atoms with Crippen molar-refractivity contribution < 1.29 is 13.3 Å². The Kier molecular flexibility index (Phi) is 4.54. The lowest BCUT2D eigenvalue weighted by molar-refractivity contribution is 0.391. The number of halogens is 3. The summed E-state index contributed by atoms with van der Waals surface area (Å²) in [7, 11) is 0. The van der Waals surface area contributed by atoms with Gasteiger partial charge in [0.1, 0.15) is 11.6 Å². The molecule has 2 aromatic carbocycles. The van der Waals surface area contributed by atoms with E-state index < -0.39 is 11.6 Å². The number of thioether (sulfide) groups is 1. The highest BCUT2D eigenvalue weighted by atomic mass is 79.9. The van der Waals surface area contributed by atoms with Gasteiger partial charge in [-0.15, -0.1) is 11.8 Å². The van der Waals surface area contributed by atoms with E-state index in [0.29, 0.717) is 22.4 Å². The number of hydrogen-bond donors (Lipinski definition) is 0. The number of rotatable bonds is 4. The summed E-state index contributed by atoms with van der Waals surface area (Å²) in [6.07, 6.45) is 0. The molecule has 0 aliphatic rings. The first-order chi connectivity index (χ1) is 10.6. The van der Waals surface area contributed by atoms with E-state index in [1.54, 1.807) is 0 Å². The molecular formula is C15H9BrF2N2OS. The Morgan fingerprint density at radius 2 is 2.00 bits per heavy atom. The molecule has 0 radical (unpaired) electrons. The van der Waals surface area contributed by atoms with Crippen molar-refractivity contribution in [2.45, 2.75) is 10.6 Å².